The van der Waals surface area contributed by atoms with E-state index in [2.05, 4.69) is 0 Å². The molecule has 0 unspecified atom stereocenters. The molecule has 2 N–H and O–H groups in total. The first-order valence-electron chi connectivity index (χ1n) is 5.86. The van der Waals surface area contributed by atoms with Gasteiger partial charge in [-0.25, -0.2) is 8.78 Å². The van der Waals surface area contributed by atoms with Crippen LogP contribution in [0.15, 0.2) is 18.3 Å². The van der Waals surface area contributed by atoms with Crippen molar-refractivity contribution in [2.45, 2.75) is 30.8 Å². The van der Waals surface area contributed by atoms with E-state index in [9.17, 15) is 8.78 Å². The van der Waals surface area contributed by atoms with Crippen LogP contribution in [-0.2, 0) is 12.0 Å². The van der Waals surface area contributed by atoms with Crippen molar-refractivity contribution < 1.29 is 8.78 Å². The molecular weight excluding hydrogens is 222 g/mol. The van der Waals surface area contributed by atoms with Gasteiger partial charge in [0, 0.05) is 29.6 Å². The third kappa shape index (κ3) is 0.978. The minimum atomic E-state index is -0.759. The van der Waals surface area contributed by atoms with Gasteiger partial charge in [-0.05, 0) is 30.5 Å². The van der Waals surface area contributed by atoms with Crippen molar-refractivity contribution in [3.63, 3.8) is 0 Å². The first kappa shape index (κ1) is 9.59. The van der Waals surface area contributed by atoms with E-state index < -0.39 is 11.6 Å². The fourth-order valence-corrected chi connectivity index (χ4v) is 3.23. The molecule has 88 valence electrons. The lowest BCUT2D eigenvalue weighted by atomic mass is 9.84. The smallest absolute Gasteiger partial charge is 0.168 e. The average molecular weight is 234 g/mol. The number of halogens is 2. The molecule has 0 radical (unpaired) electrons. The van der Waals surface area contributed by atoms with Crippen LogP contribution in [0.3, 0.4) is 0 Å². The number of hydrogen-bond donors (Lipinski definition) is 1. The van der Waals surface area contributed by atoms with Gasteiger partial charge in [0.05, 0.1) is 5.52 Å². The zero-order valence-electron chi connectivity index (χ0n) is 9.21. The highest BCUT2D eigenvalue weighted by Crippen LogP contribution is 2.55. The molecule has 0 saturated heterocycles. The topological polar surface area (TPSA) is 30.9 Å². The molecular formula is C13H12F2N2. The summed E-state index contributed by atoms with van der Waals surface area (Å²) in [6, 6.07) is 3.00. The Morgan fingerprint density at radius 2 is 2.12 bits per heavy atom. The van der Waals surface area contributed by atoms with Gasteiger partial charge in [0.2, 0.25) is 0 Å². The van der Waals surface area contributed by atoms with Gasteiger partial charge in [-0.1, -0.05) is 0 Å². The van der Waals surface area contributed by atoms with E-state index in [0.717, 1.165) is 23.9 Å². The molecule has 1 aliphatic carbocycles. The standard InChI is InChI=1S/C13H12F2N2/c14-9-5-8-12-7(11(9)15)1-4-17(12)6-10(16)13(8)2-3-13/h1,4-5,10H,2-3,6,16H2/t10-/m1/s1. The van der Waals surface area contributed by atoms with Crippen LogP contribution in [0.1, 0.15) is 18.4 Å². The maximum absolute atomic E-state index is 13.7. The van der Waals surface area contributed by atoms with Crippen molar-refractivity contribution in [2.75, 3.05) is 0 Å². The van der Waals surface area contributed by atoms with E-state index in [1.54, 1.807) is 12.3 Å². The molecule has 2 nitrogen and oxygen atoms in total. The summed E-state index contributed by atoms with van der Waals surface area (Å²) < 4.78 is 29.3. The lowest BCUT2D eigenvalue weighted by Gasteiger charge is -2.31. The Morgan fingerprint density at radius 3 is 2.82 bits per heavy atom. The van der Waals surface area contributed by atoms with Crippen LogP contribution in [0.2, 0.25) is 0 Å². The summed E-state index contributed by atoms with van der Waals surface area (Å²) in [5.74, 6) is -1.50. The second-order valence-corrected chi connectivity index (χ2v) is 5.21. The molecule has 1 aromatic carbocycles. The molecule has 2 aromatic rings. The maximum Gasteiger partial charge on any atom is 0.168 e. The molecule has 1 aromatic heterocycles. The lowest BCUT2D eigenvalue weighted by molar-refractivity contribution is 0.432. The van der Waals surface area contributed by atoms with Crippen LogP contribution in [0.4, 0.5) is 8.78 Å². The highest BCUT2D eigenvalue weighted by Gasteiger charge is 2.52. The summed E-state index contributed by atoms with van der Waals surface area (Å²) in [5.41, 5.74) is 7.81. The Labute approximate surface area is 97.0 Å². The minimum Gasteiger partial charge on any atom is -0.346 e. The number of nitrogens with two attached hydrogens (primary N) is 1. The Balaban J connectivity index is 2.16. The van der Waals surface area contributed by atoms with E-state index in [0.29, 0.717) is 11.9 Å². The second-order valence-electron chi connectivity index (χ2n) is 5.21. The fourth-order valence-electron chi connectivity index (χ4n) is 3.23. The number of benzene rings is 1. The number of rotatable bonds is 0. The molecule has 0 amide bonds. The molecule has 0 bridgehead atoms. The Hall–Kier alpha value is -1.42. The zero-order valence-corrected chi connectivity index (χ0v) is 9.21. The molecule has 2 heterocycles. The normalized spacial score (nSPS) is 24.5. The summed E-state index contributed by atoms with van der Waals surface area (Å²) in [5, 5.41) is 0.387. The predicted octanol–water partition coefficient (Wildman–Crippen LogP) is 2.29. The summed E-state index contributed by atoms with van der Waals surface area (Å²) >= 11 is 0. The third-order valence-corrected chi connectivity index (χ3v) is 4.36. The number of hydrogen-bond acceptors (Lipinski definition) is 1. The van der Waals surface area contributed by atoms with Crippen LogP contribution in [0, 0.1) is 11.6 Å². The Morgan fingerprint density at radius 1 is 1.35 bits per heavy atom. The molecule has 1 spiro atoms. The number of fused-ring (bicyclic) bond motifs is 1. The van der Waals surface area contributed by atoms with Crippen molar-refractivity contribution in [1.29, 1.82) is 0 Å². The summed E-state index contributed by atoms with van der Waals surface area (Å²) in [4.78, 5) is 0. The van der Waals surface area contributed by atoms with E-state index in [4.69, 9.17) is 5.73 Å². The van der Waals surface area contributed by atoms with Crippen molar-refractivity contribution in [1.82, 2.24) is 4.57 Å². The average Bonchev–Trinajstić information content (AvgIpc) is 2.99. The van der Waals surface area contributed by atoms with Crippen molar-refractivity contribution in [3.8, 4) is 0 Å². The lowest BCUT2D eigenvalue weighted by Crippen LogP contribution is -2.41. The molecule has 2 aliphatic rings. The quantitative estimate of drug-likeness (QED) is 0.745. The van der Waals surface area contributed by atoms with E-state index in [-0.39, 0.29) is 11.5 Å². The van der Waals surface area contributed by atoms with E-state index in [1.807, 2.05) is 4.57 Å². The van der Waals surface area contributed by atoms with Gasteiger partial charge in [0.25, 0.3) is 0 Å². The van der Waals surface area contributed by atoms with Crippen LogP contribution in [0.5, 0.6) is 0 Å². The number of aromatic nitrogens is 1. The first-order valence-corrected chi connectivity index (χ1v) is 5.86. The fraction of sp³-hybridized carbons (Fsp3) is 0.385. The molecule has 1 atom stereocenters. The Bertz CT molecular complexity index is 640. The Kier molecular flexibility index (Phi) is 1.52. The van der Waals surface area contributed by atoms with Gasteiger partial charge in [0.1, 0.15) is 0 Å². The third-order valence-electron chi connectivity index (χ3n) is 4.36. The first-order chi connectivity index (χ1) is 8.13. The summed E-state index contributed by atoms with van der Waals surface area (Å²) in [7, 11) is 0. The molecule has 1 saturated carbocycles. The van der Waals surface area contributed by atoms with Gasteiger partial charge in [-0.2, -0.15) is 0 Å². The minimum absolute atomic E-state index is 0.00969. The molecule has 1 fully saturated rings. The molecule has 4 heteroatoms. The van der Waals surface area contributed by atoms with Gasteiger partial charge in [-0.15, -0.1) is 0 Å². The van der Waals surface area contributed by atoms with Crippen LogP contribution >= 0.6 is 0 Å². The van der Waals surface area contributed by atoms with Gasteiger partial charge in [0.15, 0.2) is 11.6 Å². The van der Waals surface area contributed by atoms with E-state index >= 15 is 0 Å². The van der Waals surface area contributed by atoms with Crippen LogP contribution in [-0.4, -0.2) is 10.6 Å². The zero-order chi connectivity index (χ0) is 11.8. The summed E-state index contributed by atoms with van der Waals surface area (Å²) in [6.07, 6.45) is 3.77. The highest BCUT2D eigenvalue weighted by atomic mass is 19.2. The SMILES string of the molecule is N[C@@H]1Cn2ccc3c(F)c(F)cc(c32)C12CC2. The molecule has 17 heavy (non-hydrogen) atoms. The van der Waals surface area contributed by atoms with Crippen molar-refractivity contribution in [3.05, 3.63) is 35.5 Å². The van der Waals surface area contributed by atoms with Gasteiger partial charge < -0.3 is 10.3 Å². The van der Waals surface area contributed by atoms with Gasteiger partial charge in [-0.3, -0.25) is 0 Å². The number of nitrogens with zero attached hydrogens (tertiary/aromatic N) is 1. The van der Waals surface area contributed by atoms with Crippen LogP contribution < -0.4 is 5.73 Å². The summed E-state index contributed by atoms with van der Waals surface area (Å²) in [6.45, 7) is 0.696. The van der Waals surface area contributed by atoms with Crippen LogP contribution in [0.25, 0.3) is 10.9 Å². The largest absolute Gasteiger partial charge is 0.346 e. The molecule has 1 aliphatic heterocycles. The van der Waals surface area contributed by atoms with Crippen molar-refractivity contribution in [2.24, 2.45) is 5.73 Å². The maximum atomic E-state index is 13.7. The highest BCUT2D eigenvalue weighted by molar-refractivity contribution is 5.86. The second kappa shape index (κ2) is 2.70. The monoisotopic (exact) mass is 234 g/mol. The van der Waals surface area contributed by atoms with Crippen molar-refractivity contribution >= 4 is 10.9 Å². The predicted molar refractivity (Wildman–Crippen MR) is 60.7 cm³/mol. The van der Waals surface area contributed by atoms with Gasteiger partial charge >= 0.3 is 0 Å². The van der Waals surface area contributed by atoms with E-state index in [1.165, 1.54) is 6.07 Å². The molecule has 4 rings (SSSR count).